The topological polar surface area (TPSA) is 76.2 Å². The van der Waals surface area contributed by atoms with Crippen LogP contribution in [0, 0.1) is 0 Å². The molecule has 0 saturated heterocycles. The van der Waals surface area contributed by atoms with Crippen LogP contribution in [-0.2, 0) is 17.6 Å². The Balaban J connectivity index is 3.01. The van der Waals surface area contributed by atoms with E-state index >= 15 is 0 Å². The van der Waals surface area contributed by atoms with Crippen LogP contribution in [0.2, 0.25) is 0 Å². The maximum Gasteiger partial charge on any atom is 0.417 e. The monoisotopic (exact) mass is 262 g/mol. The van der Waals surface area contributed by atoms with Gasteiger partial charge in [0, 0.05) is 18.3 Å². The minimum atomic E-state index is -5.04. The third kappa shape index (κ3) is 2.79. The summed E-state index contributed by atoms with van der Waals surface area (Å²) in [5.74, 6) is -2.11. The summed E-state index contributed by atoms with van der Waals surface area (Å²) in [5, 5.41) is 8.66. The van der Waals surface area contributed by atoms with Crippen LogP contribution in [0.15, 0.2) is 18.3 Å². The molecule has 0 radical (unpaired) electrons. The van der Waals surface area contributed by atoms with Crippen LogP contribution in [0.4, 0.5) is 13.2 Å². The first-order valence-electron chi connectivity index (χ1n) is 5.23. The number of rotatable bonds is 4. The second kappa shape index (κ2) is 4.93. The molecule has 4 nitrogen and oxygen atoms in total. The van der Waals surface area contributed by atoms with Crippen LogP contribution in [0.3, 0.4) is 0 Å². The zero-order chi connectivity index (χ0) is 14.0. The van der Waals surface area contributed by atoms with Crippen molar-refractivity contribution in [3.05, 3.63) is 29.6 Å². The molecule has 1 rings (SSSR count). The van der Waals surface area contributed by atoms with E-state index in [0.717, 1.165) is 5.56 Å². The number of aliphatic carboxylic acids is 1. The summed E-state index contributed by atoms with van der Waals surface area (Å²) in [6.07, 6.45) is -3.83. The number of aryl methyl sites for hydroxylation is 1. The van der Waals surface area contributed by atoms with Gasteiger partial charge in [0.1, 0.15) is 0 Å². The lowest BCUT2D eigenvalue weighted by Crippen LogP contribution is -2.61. The molecule has 0 aromatic carbocycles. The molecule has 100 valence electrons. The van der Waals surface area contributed by atoms with Crippen molar-refractivity contribution in [2.75, 3.05) is 0 Å². The predicted molar refractivity (Wildman–Crippen MR) is 57.9 cm³/mol. The molecule has 1 unspecified atom stereocenters. The Kier molecular flexibility index (Phi) is 3.95. The first-order valence-corrected chi connectivity index (χ1v) is 5.23. The van der Waals surface area contributed by atoms with Gasteiger partial charge in [-0.2, -0.15) is 13.2 Å². The number of alkyl halides is 3. The minimum absolute atomic E-state index is 0.00516. The quantitative estimate of drug-likeness (QED) is 0.862. The van der Waals surface area contributed by atoms with Gasteiger partial charge in [-0.1, -0.05) is 13.0 Å². The van der Waals surface area contributed by atoms with Gasteiger partial charge in [0.2, 0.25) is 5.54 Å². The summed E-state index contributed by atoms with van der Waals surface area (Å²) in [6.45, 7) is 1.87. The van der Waals surface area contributed by atoms with E-state index in [1.54, 1.807) is 6.07 Å². The SMILES string of the molecule is CCc1ccc(CC(N)(C(=O)O)C(F)(F)F)nc1. The first kappa shape index (κ1) is 14.4. The van der Waals surface area contributed by atoms with Crippen LogP contribution in [-0.4, -0.2) is 27.8 Å². The highest BCUT2D eigenvalue weighted by Crippen LogP contribution is 2.31. The first-order chi connectivity index (χ1) is 8.20. The van der Waals surface area contributed by atoms with Crippen molar-refractivity contribution in [2.45, 2.75) is 31.5 Å². The van der Waals surface area contributed by atoms with Gasteiger partial charge >= 0.3 is 12.1 Å². The van der Waals surface area contributed by atoms with Gasteiger partial charge in [-0.05, 0) is 18.1 Å². The molecule has 0 saturated carbocycles. The minimum Gasteiger partial charge on any atom is -0.480 e. The van der Waals surface area contributed by atoms with E-state index in [4.69, 9.17) is 10.8 Å². The number of hydrogen-bond acceptors (Lipinski definition) is 3. The van der Waals surface area contributed by atoms with Gasteiger partial charge in [-0.25, -0.2) is 4.79 Å². The average molecular weight is 262 g/mol. The number of aromatic nitrogens is 1. The molecule has 1 atom stereocenters. The van der Waals surface area contributed by atoms with E-state index in [2.05, 4.69) is 4.98 Å². The number of nitrogens with two attached hydrogens (primary N) is 1. The van der Waals surface area contributed by atoms with Gasteiger partial charge in [0.25, 0.3) is 0 Å². The molecule has 18 heavy (non-hydrogen) atoms. The standard InChI is InChI=1S/C11H13F3N2O2/c1-2-7-3-4-8(16-6-7)5-10(15,9(17)18)11(12,13)14/h3-4,6H,2,5,15H2,1H3,(H,17,18). The zero-order valence-electron chi connectivity index (χ0n) is 9.66. The van der Waals surface area contributed by atoms with Crippen LogP contribution in [0.5, 0.6) is 0 Å². The Morgan fingerprint density at radius 3 is 2.39 bits per heavy atom. The molecule has 0 spiro atoms. The number of carboxylic acid groups (broad SMARTS) is 1. The lowest BCUT2D eigenvalue weighted by Gasteiger charge is -2.26. The van der Waals surface area contributed by atoms with Crippen LogP contribution in [0.1, 0.15) is 18.2 Å². The summed E-state index contributed by atoms with van der Waals surface area (Å²) in [7, 11) is 0. The number of pyridine rings is 1. The van der Waals surface area contributed by atoms with Gasteiger partial charge in [0.05, 0.1) is 0 Å². The summed E-state index contributed by atoms with van der Waals surface area (Å²) in [5.41, 5.74) is 2.49. The Morgan fingerprint density at radius 1 is 1.44 bits per heavy atom. The molecule has 0 amide bonds. The fourth-order valence-electron chi connectivity index (χ4n) is 1.35. The van der Waals surface area contributed by atoms with Crippen molar-refractivity contribution in [3.63, 3.8) is 0 Å². The molecular weight excluding hydrogens is 249 g/mol. The second-order valence-electron chi connectivity index (χ2n) is 3.96. The molecule has 0 aliphatic carbocycles. The van der Waals surface area contributed by atoms with Crippen LogP contribution >= 0.6 is 0 Å². The van der Waals surface area contributed by atoms with Crippen molar-refractivity contribution in [1.82, 2.24) is 4.98 Å². The van der Waals surface area contributed by atoms with Gasteiger partial charge < -0.3 is 10.8 Å². The normalized spacial score (nSPS) is 15.2. The molecule has 0 aliphatic rings. The number of halogens is 3. The van der Waals surface area contributed by atoms with Gasteiger partial charge in [-0.3, -0.25) is 4.98 Å². The maximum atomic E-state index is 12.7. The lowest BCUT2D eigenvalue weighted by molar-refractivity contribution is -0.201. The van der Waals surface area contributed by atoms with E-state index in [1.165, 1.54) is 12.3 Å². The Labute approximate surface area is 102 Å². The molecule has 1 heterocycles. The van der Waals surface area contributed by atoms with Crippen molar-refractivity contribution >= 4 is 5.97 Å². The lowest BCUT2D eigenvalue weighted by atomic mass is 9.93. The Hall–Kier alpha value is -1.63. The average Bonchev–Trinajstić information content (AvgIpc) is 2.28. The fraction of sp³-hybridized carbons (Fsp3) is 0.455. The van der Waals surface area contributed by atoms with Crippen molar-refractivity contribution in [2.24, 2.45) is 5.73 Å². The number of carbonyl (C=O) groups is 1. The van der Waals surface area contributed by atoms with E-state index < -0.39 is 24.1 Å². The van der Waals surface area contributed by atoms with Crippen molar-refractivity contribution in [1.29, 1.82) is 0 Å². The number of hydrogen-bond donors (Lipinski definition) is 2. The Morgan fingerprint density at radius 2 is 2.06 bits per heavy atom. The third-order valence-electron chi connectivity index (χ3n) is 2.64. The molecule has 0 bridgehead atoms. The summed E-state index contributed by atoms with van der Waals surface area (Å²) >= 11 is 0. The second-order valence-corrected chi connectivity index (χ2v) is 3.96. The van der Waals surface area contributed by atoms with E-state index in [0.29, 0.717) is 6.42 Å². The van der Waals surface area contributed by atoms with Crippen molar-refractivity contribution < 1.29 is 23.1 Å². The van der Waals surface area contributed by atoms with E-state index in [-0.39, 0.29) is 5.69 Å². The summed E-state index contributed by atoms with van der Waals surface area (Å²) < 4.78 is 38.0. The highest BCUT2D eigenvalue weighted by atomic mass is 19.4. The zero-order valence-corrected chi connectivity index (χ0v) is 9.66. The highest BCUT2D eigenvalue weighted by Gasteiger charge is 2.58. The molecule has 3 N–H and O–H groups in total. The summed E-state index contributed by atoms with van der Waals surface area (Å²) in [6, 6.07) is 2.95. The molecule has 0 aliphatic heterocycles. The van der Waals surface area contributed by atoms with Gasteiger partial charge in [0.15, 0.2) is 0 Å². The van der Waals surface area contributed by atoms with Crippen LogP contribution in [0.25, 0.3) is 0 Å². The Bertz CT molecular complexity index is 431. The molecule has 1 aromatic heterocycles. The molecule has 7 heteroatoms. The van der Waals surface area contributed by atoms with Crippen LogP contribution < -0.4 is 5.73 Å². The van der Waals surface area contributed by atoms with E-state index in [1.807, 2.05) is 6.92 Å². The number of nitrogens with zero attached hydrogens (tertiary/aromatic N) is 1. The van der Waals surface area contributed by atoms with E-state index in [9.17, 15) is 18.0 Å². The van der Waals surface area contributed by atoms with Gasteiger partial charge in [-0.15, -0.1) is 0 Å². The fourth-order valence-corrected chi connectivity index (χ4v) is 1.35. The molecule has 1 aromatic rings. The number of carboxylic acids is 1. The molecule has 0 fully saturated rings. The molecular formula is C11H13F3N2O2. The third-order valence-corrected chi connectivity index (χ3v) is 2.64. The summed E-state index contributed by atoms with van der Waals surface area (Å²) in [4.78, 5) is 14.5. The highest BCUT2D eigenvalue weighted by molar-refractivity contribution is 5.80. The largest absolute Gasteiger partial charge is 0.480 e. The maximum absolute atomic E-state index is 12.7. The smallest absolute Gasteiger partial charge is 0.417 e. The predicted octanol–water partition coefficient (Wildman–Crippen LogP) is 1.53. The van der Waals surface area contributed by atoms with Crippen molar-refractivity contribution in [3.8, 4) is 0 Å².